The summed E-state index contributed by atoms with van der Waals surface area (Å²) in [5.41, 5.74) is 0.105. The molecule has 1 rings (SSSR count). The second-order valence-corrected chi connectivity index (χ2v) is 3.87. The molecule has 0 aliphatic rings. The monoisotopic (exact) mass is 212 g/mol. The molecular weight excluding hydrogens is 200 g/mol. The number of unbranched alkanes of at least 4 members (excludes halogenated alkanes) is 1. The Morgan fingerprint density at radius 3 is 3.07 bits per heavy atom. The van der Waals surface area contributed by atoms with Gasteiger partial charge in [0.05, 0.1) is 4.92 Å². The highest BCUT2D eigenvalue weighted by Crippen LogP contribution is 2.26. The van der Waals surface area contributed by atoms with Gasteiger partial charge in [-0.25, -0.2) is 4.98 Å². The lowest BCUT2D eigenvalue weighted by Crippen LogP contribution is -1.93. The van der Waals surface area contributed by atoms with Gasteiger partial charge in [-0.15, -0.1) is 0 Å². The van der Waals surface area contributed by atoms with Crippen LogP contribution in [-0.4, -0.2) is 15.7 Å². The zero-order valence-corrected chi connectivity index (χ0v) is 8.79. The molecule has 4 nitrogen and oxygen atoms in total. The minimum absolute atomic E-state index is 0.105. The first-order chi connectivity index (χ1) is 6.75. The van der Waals surface area contributed by atoms with Gasteiger partial charge in [-0.3, -0.25) is 10.1 Å². The van der Waals surface area contributed by atoms with Crippen molar-refractivity contribution in [2.45, 2.75) is 24.8 Å². The second-order valence-electron chi connectivity index (χ2n) is 2.79. The van der Waals surface area contributed by atoms with Crippen LogP contribution in [0.2, 0.25) is 0 Å². The lowest BCUT2D eigenvalue weighted by Gasteiger charge is -1.99. The Labute approximate surface area is 86.9 Å². The molecular formula is C9H12N2O2S. The highest BCUT2D eigenvalue weighted by atomic mass is 32.2. The van der Waals surface area contributed by atoms with Gasteiger partial charge in [0, 0.05) is 12.3 Å². The summed E-state index contributed by atoms with van der Waals surface area (Å²) in [7, 11) is 0. The molecule has 1 aromatic rings. The van der Waals surface area contributed by atoms with Crippen molar-refractivity contribution in [2.75, 3.05) is 5.75 Å². The predicted molar refractivity (Wildman–Crippen MR) is 56.5 cm³/mol. The number of thioether (sulfide) groups is 1. The first kappa shape index (κ1) is 11.0. The van der Waals surface area contributed by atoms with Crippen molar-refractivity contribution in [1.82, 2.24) is 4.98 Å². The van der Waals surface area contributed by atoms with E-state index in [9.17, 15) is 10.1 Å². The first-order valence-electron chi connectivity index (χ1n) is 4.48. The number of nitro groups is 1. The summed E-state index contributed by atoms with van der Waals surface area (Å²) in [6, 6.07) is 3.07. The molecule has 1 heterocycles. The Hall–Kier alpha value is -1.10. The van der Waals surface area contributed by atoms with Crippen molar-refractivity contribution in [3.05, 3.63) is 28.4 Å². The molecule has 0 saturated carbocycles. The second kappa shape index (κ2) is 5.59. The van der Waals surface area contributed by atoms with Crippen molar-refractivity contribution in [3.63, 3.8) is 0 Å². The number of rotatable bonds is 5. The molecule has 0 spiro atoms. The molecule has 0 saturated heterocycles. The van der Waals surface area contributed by atoms with Crippen LogP contribution in [0.15, 0.2) is 23.4 Å². The maximum atomic E-state index is 10.6. The Morgan fingerprint density at radius 1 is 1.64 bits per heavy atom. The third-order valence-electron chi connectivity index (χ3n) is 1.68. The number of aromatic nitrogens is 1. The van der Waals surface area contributed by atoms with Crippen LogP contribution in [0.4, 0.5) is 5.69 Å². The zero-order chi connectivity index (χ0) is 10.4. The Bertz CT molecular complexity index is 317. The van der Waals surface area contributed by atoms with Gasteiger partial charge in [0.1, 0.15) is 0 Å². The molecule has 0 atom stereocenters. The van der Waals surface area contributed by atoms with Gasteiger partial charge in [-0.2, -0.15) is 0 Å². The number of nitrogens with zero attached hydrogens (tertiary/aromatic N) is 2. The van der Waals surface area contributed by atoms with Gasteiger partial charge in [0.2, 0.25) is 0 Å². The van der Waals surface area contributed by atoms with Crippen LogP contribution in [0, 0.1) is 10.1 Å². The van der Waals surface area contributed by atoms with Crippen LogP contribution in [0.25, 0.3) is 0 Å². The predicted octanol–water partition coefficient (Wildman–Crippen LogP) is 2.88. The van der Waals surface area contributed by atoms with E-state index in [4.69, 9.17) is 0 Å². The Morgan fingerprint density at radius 2 is 2.43 bits per heavy atom. The number of hydrogen-bond donors (Lipinski definition) is 0. The standard InChI is InChI=1S/C9H12N2O2S/c1-2-3-7-14-9-8(11(12)13)5-4-6-10-9/h4-6H,2-3,7H2,1H3. The van der Waals surface area contributed by atoms with Gasteiger partial charge in [0.25, 0.3) is 0 Å². The largest absolute Gasteiger partial charge is 0.301 e. The molecule has 0 amide bonds. The van der Waals surface area contributed by atoms with E-state index in [1.165, 1.54) is 17.8 Å². The van der Waals surface area contributed by atoms with Crippen LogP contribution in [0.3, 0.4) is 0 Å². The molecule has 0 fully saturated rings. The number of hydrogen-bond acceptors (Lipinski definition) is 4. The SMILES string of the molecule is CCCCSc1ncccc1[N+](=O)[O-]. The Kier molecular flexibility index (Phi) is 4.39. The minimum Gasteiger partial charge on any atom is -0.258 e. The van der Waals surface area contributed by atoms with E-state index in [0.717, 1.165) is 18.6 Å². The smallest absolute Gasteiger partial charge is 0.258 e. The molecule has 1 aromatic heterocycles. The molecule has 76 valence electrons. The normalized spacial score (nSPS) is 10.1. The highest BCUT2D eigenvalue weighted by Gasteiger charge is 2.13. The molecule has 0 aliphatic heterocycles. The van der Waals surface area contributed by atoms with Crippen molar-refractivity contribution in [1.29, 1.82) is 0 Å². The molecule has 0 unspecified atom stereocenters. The summed E-state index contributed by atoms with van der Waals surface area (Å²) in [5.74, 6) is 0.883. The molecule has 0 aliphatic carbocycles. The molecule has 0 aromatic carbocycles. The minimum atomic E-state index is -0.388. The maximum Gasteiger partial charge on any atom is 0.301 e. The van der Waals surface area contributed by atoms with Crippen LogP contribution in [0.1, 0.15) is 19.8 Å². The maximum absolute atomic E-state index is 10.6. The average molecular weight is 212 g/mol. The van der Waals surface area contributed by atoms with Crippen molar-refractivity contribution >= 4 is 17.4 Å². The summed E-state index contributed by atoms with van der Waals surface area (Å²) in [4.78, 5) is 14.2. The van der Waals surface area contributed by atoms with E-state index < -0.39 is 0 Å². The fourth-order valence-corrected chi connectivity index (χ4v) is 2.00. The van der Waals surface area contributed by atoms with Crippen LogP contribution >= 0.6 is 11.8 Å². The van der Waals surface area contributed by atoms with Gasteiger partial charge in [-0.1, -0.05) is 25.1 Å². The number of pyridine rings is 1. The summed E-state index contributed by atoms with van der Waals surface area (Å²) in [5, 5.41) is 11.1. The topological polar surface area (TPSA) is 56.0 Å². The van der Waals surface area contributed by atoms with Gasteiger partial charge in [-0.05, 0) is 18.2 Å². The van der Waals surface area contributed by atoms with E-state index in [1.807, 2.05) is 0 Å². The molecule has 14 heavy (non-hydrogen) atoms. The van der Waals surface area contributed by atoms with E-state index in [-0.39, 0.29) is 10.6 Å². The zero-order valence-electron chi connectivity index (χ0n) is 7.97. The summed E-state index contributed by atoms with van der Waals surface area (Å²) >= 11 is 1.45. The summed E-state index contributed by atoms with van der Waals surface area (Å²) in [6.07, 6.45) is 3.73. The lowest BCUT2D eigenvalue weighted by atomic mass is 10.4. The highest BCUT2D eigenvalue weighted by molar-refractivity contribution is 7.99. The molecule has 5 heteroatoms. The van der Waals surface area contributed by atoms with Gasteiger partial charge >= 0.3 is 5.69 Å². The third kappa shape index (κ3) is 2.99. The summed E-state index contributed by atoms with van der Waals surface area (Å²) < 4.78 is 0. The van der Waals surface area contributed by atoms with Crippen molar-refractivity contribution < 1.29 is 4.92 Å². The lowest BCUT2D eigenvalue weighted by molar-refractivity contribution is -0.388. The van der Waals surface area contributed by atoms with Crippen LogP contribution in [-0.2, 0) is 0 Å². The van der Waals surface area contributed by atoms with E-state index in [1.54, 1.807) is 12.3 Å². The van der Waals surface area contributed by atoms with Crippen LogP contribution in [0.5, 0.6) is 0 Å². The van der Waals surface area contributed by atoms with E-state index in [2.05, 4.69) is 11.9 Å². The van der Waals surface area contributed by atoms with E-state index >= 15 is 0 Å². The van der Waals surface area contributed by atoms with Gasteiger partial charge < -0.3 is 0 Å². The van der Waals surface area contributed by atoms with Crippen molar-refractivity contribution in [3.8, 4) is 0 Å². The fraction of sp³-hybridized carbons (Fsp3) is 0.444. The fourth-order valence-electron chi connectivity index (χ4n) is 0.946. The quantitative estimate of drug-likeness (QED) is 0.326. The molecule has 0 N–H and O–H groups in total. The molecule has 0 bridgehead atoms. The van der Waals surface area contributed by atoms with Gasteiger partial charge in [0.15, 0.2) is 5.03 Å². The Balaban J connectivity index is 2.69. The van der Waals surface area contributed by atoms with Crippen LogP contribution < -0.4 is 0 Å². The van der Waals surface area contributed by atoms with E-state index in [0.29, 0.717) is 5.03 Å². The first-order valence-corrected chi connectivity index (χ1v) is 5.46. The molecule has 0 radical (unpaired) electrons. The summed E-state index contributed by atoms with van der Waals surface area (Å²) in [6.45, 7) is 2.09. The van der Waals surface area contributed by atoms with Crippen molar-refractivity contribution in [2.24, 2.45) is 0 Å². The third-order valence-corrected chi connectivity index (χ3v) is 2.77. The average Bonchev–Trinajstić information content (AvgIpc) is 2.19.